The van der Waals surface area contributed by atoms with Crippen molar-refractivity contribution < 1.29 is 9.18 Å². The van der Waals surface area contributed by atoms with E-state index in [-0.39, 0.29) is 30.2 Å². The van der Waals surface area contributed by atoms with Crippen LogP contribution in [0.5, 0.6) is 0 Å². The summed E-state index contributed by atoms with van der Waals surface area (Å²) < 4.78 is 13.8. The lowest BCUT2D eigenvalue weighted by Gasteiger charge is -2.44. The summed E-state index contributed by atoms with van der Waals surface area (Å²) in [6.07, 6.45) is 3.35. The van der Waals surface area contributed by atoms with Crippen molar-refractivity contribution in [3.8, 4) is 0 Å². The standard InChI is InChI=1S/C23H43FN8O/c1-13-8-14(2)30-21(29-13)12-27-22(33)19-10-16(11-28-23-25-6-7-26-23)9-18(32-19)17-4-5-20(24)31-15(17)3/h13-21,29-32H,4-12H2,1-3H3,(H,27,33)(H2,25,26,28). The maximum absolute atomic E-state index is 13.8. The lowest BCUT2D eigenvalue weighted by atomic mass is 9.76. The highest BCUT2D eigenvalue weighted by Gasteiger charge is 2.40. The molecule has 4 aliphatic rings. The highest BCUT2D eigenvalue weighted by atomic mass is 19.1. The summed E-state index contributed by atoms with van der Waals surface area (Å²) in [5.41, 5.74) is 0. The number of piperidine rings is 2. The van der Waals surface area contributed by atoms with Crippen molar-refractivity contribution in [2.45, 2.75) is 95.5 Å². The summed E-state index contributed by atoms with van der Waals surface area (Å²) in [5.74, 6) is 1.56. The molecule has 188 valence electrons. The molecule has 4 heterocycles. The van der Waals surface area contributed by atoms with Gasteiger partial charge in [-0.15, -0.1) is 0 Å². The average Bonchev–Trinajstić information content (AvgIpc) is 3.29. The zero-order valence-corrected chi connectivity index (χ0v) is 20.3. The lowest BCUT2D eigenvalue weighted by Crippen LogP contribution is -2.63. The molecule has 7 N–H and O–H groups in total. The first-order valence-corrected chi connectivity index (χ1v) is 12.9. The molecule has 0 bridgehead atoms. The molecule has 9 nitrogen and oxygen atoms in total. The first-order valence-electron chi connectivity index (χ1n) is 12.9. The molecule has 3 saturated heterocycles. The molecule has 0 radical (unpaired) electrons. The van der Waals surface area contributed by atoms with Crippen molar-refractivity contribution in [3.05, 3.63) is 0 Å². The third-order valence-corrected chi connectivity index (χ3v) is 7.64. The van der Waals surface area contributed by atoms with E-state index in [0.29, 0.717) is 36.9 Å². The normalized spacial score (nSPS) is 41.7. The number of guanidine groups is 1. The number of rotatable bonds is 6. The predicted octanol–water partition coefficient (Wildman–Crippen LogP) is -0.242. The van der Waals surface area contributed by atoms with Crippen molar-refractivity contribution in [2.75, 3.05) is 26.2 Å². The van der Waals surface area contributed by atoms with Crippen LogP contribution in [0.15, 0.2) is 4.99 Å². The molecule has 4 rings (SSSR count). The SMILES string of the molecule is CC1CC(C)NC(CNC(=O)C2CC(CNC3=NCCN3)CC(C3CCC(F)NC3C)N2)N1. The second kappa shape index (κ2) is 11.3. The van der Waals surface area contributed by atoms with Crippen molar-refractivity contribution in [3.63, 3.8) is 0 Å². The highest BCUT2D eigenvalue weighted by Crippen LogP contribution is 2.31. The predicted molar refractivity (Wildman–Crippen MR) is 129 cm³/mol. The number of alkyl halides is 1. The van der Waals surface area contributed by atoms with Gasteiger partial charge >= 0.3 is 0 Å². The minimum absolute atomic E-state index is 0.0512. The fourth-order valence-corrected chi connectivity index (χ4v) is 6.06. The maximum atomic E-state index is 13.8. The zero-order valence-electron chi connectivity index (χ0n) is 20.3. The van der Waals surface area contributed by atoms with Gasteiger partial charge in [0.15, 0.2) is 12.3 Å². The van der Waals surface area contributed by atoms with Crippen LogP contribution in [-0.2, 0) is 4.79 Å². The summed E-state index contributed by atoms with van der Waals surface area (Å²) in [7, 11) is 0. The van der Waals surface area contributed by atoms with E-state index in [1.54, 1.807) is 0 Å². The van der Waals surface area contributed by atoms with E-state index in [4.69, 9.17) is 0 Å². The second-order valence-corrected chi connectivity index (χ2v) is 10.5. The summed E-state index contributed by atoms with van der Waals surface area (Å²) in [6, 6.07) is 0.884. The van der Waals surface area contributed by atoms with Crippen LogP contribution in [0.2, 0.25) is 0 Å². The lowest BCUT2D eigenvalue weighted by molar-refractivity contribution is -0.125. The molecule has 1 amide bonds. The summed E-state index contributed by atoms with van der Waals surface area (Å²) in [4.78, 5) is 17.6. The van der Waals surface area contributed by atoms with E-state index >= 15 is 0 Å². The number of hydrogen-bond donors (Lipinski definition) is 7. The van der Waals surface area contributed by atoms with Gasteiger partial charge < -0.3 is 21.3 Å². The molecular formula is C23H43FN8O. The number of hydrogen-bond acceptors (Lipinski definition) is 8. The molecule has 3 fully saturated rings. The van der Waals surface area contributed by atoms with Crippen LogP contribution in [0.25, 0.3) is 0 Å². The number of nitrogens with zero attached hydrogens (tertiary/aromatic N) is 1. The van der Waals surface area contributed by atoms with Gasteiger partial charge in [-0.2, -0.15) is 0 Å². The molecule has 4 aliphatic heterocycles. The summed E-state index contributed by atoms with van der Waals surface area (Å²) >= 11 is 0. The second-order valence-electron chi connectivity index (χ2n) is 10.5. The van der Waals surface area contributed by atoms with Gasteiger partial charge in [0.2, 0.25) is 5.91 Å². The molecule has 8 atom stereocenters. The van der Waals surface area contributed by atoms with Gasteiger partial charge in [-0.05, 0) is 64.7 Å². The molecule has 0 aromatic carbocycles. The van der Waals surface area contributed by atoms with Gasteiger partial charge in [-0.25, -0.2) is 4.39 Å². The molecule has 0 aromatic heterocycles. The number of aliphatic imine (C=N–C) groups is 1. The highest BCUT2D eigenvalue weighted by molar-refractivity contribution is 5.82. The van der Waals surface area contributed by atoms with Crippen LogP contribution in [0.3, 0.4) is 0 Å². The molecular weight excluding hydrogens is 423 g/mol. The van der Waals surface area contributed by atoms with Crippen molar-refractivity contribution in [1.29, 1.82) is 0 Å². The Morgan fingerprint density at radius 1 is 1.03 bits per heavy atom. The molecule has 0 aliphatic carbocycles. The van der Waals surface area contributed by atoms with Gasteiger partial charge in [0.25, 0.3) is 0 Å². The van der Waals surface area contributed by atoms with Gasteiger partial charge in [-0.3, -0.25) is 25.7 Å². The number of carbonyl (C=O) groups is 1. The Morgan fingerprint density at radius 3 is 2.52 bits per heavy atom. The topological polar surface area (TPSA) is 114 Å². The van der Waals surface area contributed by atoms with E-state index in [2.05, 4.69) is 63.0 Å². The van der Waals surface area contributed by atoms with Crippen LogP contribution >= 0.6 is 0 Å². The Morgan fingerprint density at radius 2 is 1.82 bits per heavy atom. The zero-order chi connectivity index (χ0) is 23.4. The fraction of sp³-hybridized carbons (Fsp3) is 0.913. The van der Waals surface area contributed by atoms with E-state index in [9.17, 15) is 9.18 Å². The van der Waals surface area contributed by atoms with Crippen molar-refractivity contribution in [1.82, 2.24) is 37.2 Å². The van der Waals surface area contributed by atoms with Gasteiger partial charge in [0, 0.05) is 43.8 Å². The van der Waals surface area contributed by atoms with E-state index in [1.165, 1.54) is 0 Å². The number of amides is 1. The molecule has 0 saturated carbocycles. The Hall–Kier alpha value is -1.49. The van der Waals surface area contributed by atoms with Crippen LogP contribution < -0.4 is 37.2 Å². The van der Waals surface area contributed by atoms with Crippen LogP contribution in [0, 0.1) is 11.8 Å². The minimum atomic E-state index is -0.928. The largest absolute Gasteiger partial charge is 0.356 e. The first kappa shape index (κ1) is 24.6. The van der Waals surface area contributed by atoms with E-state index in [1.807, 2.05) is 0 Å². The van der Waals surface area contributed by atoms with Gasteiger partial charge in [-0.1, -0.05) is 0 Å². The Kier molecular flexibility index (Phi) is 8.43. The number of halogens is 1. The van der Waals surface area contributed by atoms with Crippen LogP contribution in [0.4, 0.5) is 4.39 Å². The molecule has 0 aromatic rings. The fourth-order valence-electron chi connectivity index (χ4n) is 6.06. The quantitative estimate of drug-likeness (QED) is 0.270. The Balaban J connectivity index is 1.36. The van der Waals surface area contributed by atoms with Gasteiger partial charge in [0.1, 0.15) is 0 Å². The van der Waals surface area contributed by atoms with E-state index in [0.717, 1.165) is 51.3 Å². The first-order chi connectivity index (χ1) is 15.9. The Labute approximate surface area is 197 Å². The third kappa shape index (κ3) is 6.77. The molecule has 0 spiro atoms. The minimum Gasteiger partial charge on any atom is -0.356 e. The van der Waals surface area contributed by atoms with Crippen LogP contribution in [0.1, 0.15) is 52.9 Å². The van der Waals surface area contributed by atoms with Crippen molar-refractivity contribution >= 4 is 11.9 Å². The smallest absolute Gasteiger partial charge is 0.237 e. The third-order valence-electron chi connectivity index (χ3n) is 7.64. The monoisotopic (exact) mass is 466 g/mol. The summed E-state index contributed by atoms with van der Waals surface area (Å²) in [5, 5.41) is 23.6. The molecule has 8 unspecified atom stereocenters. The van der Waals surface area contributed by atoms with E-state index < -0.39 is 6.30 Å². The van der Waals surface area contributed by atoms with Crippen LogP contribution in [-0.4, -0.2) is 80.7 Å². The molecule has 10 heteroatoms. The Bertz CT molecular complexity index is 683. The average molecular weight is 467 g/mol. The van der Waals surface area contributed by atoms with Gasteiger partial charge in [0.05, 0.1) is 18.8 Å². The summed E-state index contributed by atoms with van der Waals surface area (Å²) in [6.45, 7) is 9.45. The number of nitrogens with one attached hydrogen (secondary N) is 7. The maximum Gasteiger partial charge on any atom is 0.237 e. The van der Waals surface area contributed by atoms with Crippen molar-refractivity contribution in [2.24, 2.45) is 16.8 Å². The number of carbonyl (C=O) groups excluding carboxylic acids is 1. The molecule has 33 heavy (non-hydrogen) atoms.